The zero-order valence-corrected chi connectivity index (χ0v) is 12.3. The van der Waals surface area contributed by atoms with Gasteiger partial charge in [-0.3, -0.25) is 0 Å². The Bertz CT molecular complexity index is 952. The molecule has 0 atom stereocenters. The smallest absolute Gasteiger partial charge is 0.346 e. The van der Waals surface area contributed by atoms with E-state index < -0.39 is 11.9 Å². The number of carbonyl (C=O) groups is 2. The van der Waals surface area contributed by atoms with Crippen molar-refractivity contribution < 1.29 is 19.1 Å². The van der Waals surface area contributed by atoms with Crippen LogP contribution in [-0.4, -0.2) is 11.9 Å². The molecule has 0 radical (unpaired) electrons. The number of hydrogen-bond acceptors (Lipinski definition) is 4. The lowest BCUT2D eigenvalue weighted by atomic mass is 9.96. The van der Waals surface area contributed by atoms with E-state index in [1.807, 2.05) is 37.3 Å². The summed E-state index contributed by atoms with van der Waals surface area (Å²) in [5, 5.41) is 1.30. The molecular formula is C19H12O4. The summed E-state index contributed by atoms with van der Waals surface area (Å²) >= 11 is 0. The lowest BCUT2D eigenvalue weighted by molar-refractivity contribution is 0.0391. The molecule has 0 N–H and O–H groups in total. The number of carbonyl (C=O) groups excluding carboxylic acids is 2. The van der Waals surface area contributed by atoms with Crippen LogP contribution in [-0.2, 0) is 4.74 Å². The Balaban J connectivity index is 1.94. The monoisotopic (exact) mass is 304 g/mol. The molecule has 0 saturated carbocycles. The average Bonchev–Trinajstić information content (AvgIpc) is 2.55. The molecule has 0 aliphatic carbocycles. The fourth-order valence-electron chi connectivity index (χ4n) is 2.79. The molecule has 0 unspecified atom stereocenters. The van der Waals surface area contributed by atoms with E-state index >= 15 is 0 Å². The number of hydrogen-bond donors (Lipinski definition) is 0. The number of cyclic esters (lactones) is 2. The Morgan fingerprint density at radius 1 is 0.783 bits per heavy atom. The van der Waals surface area contributed by atoms with Gasteiger partial charge in [0.15, 0.2) is 0 Å². The summed E-state index contributed by atoms with van der Waals surface area (Å²) in [4.78, 5) is 23.8. The average molecular weight is 304 g/mol. The first kappa shape index (κ1) is 13.5. The maximum absolute atomic E-state index is 11.9. The third-order valence-corrected chi connectivity index (χ3v) is 3.94. The van der Waals surface area contributed by atoms with Crippen LogP contribution in [0.1, 0.15) is 26.3 Å². The van der Waals surface area contributed by atoms with Gasteiger partial charge in [-0.05, 0) is 36.8 Å². The Hall–Kier alpha value is -3.14. The van der Waals surface area contributed by atoms with E-state index in [4.69, 9.17) is 9.47 Å². The first-order valence-electron chi connectivity index (χ1n) is 7.21. The molecule has 1 aliphatic heterocycles. The first-order chi connectivity index (χ1) is 11.1. The third-order valence-electron chi connectivity index (χ3n) is 3.94. The summed E-state index contributed by atoms with van der Waals surface area (Å²) in [7, 11) is 0. The minimum atomic E-state index is -0.624. The Morgan fingerprint density at radius 3 is 2.30 bits per heavy atom. The number of esters is 2. The highest BCUT2D eigenvalue weighted by molar-refractivity contribution is 6.21. The highest BCUT2D eigenvalue weighted by atomic mass is 16.6. The molecule has 4 rings (SSSR count). The molecule has 3 aromatic carbocycles. The van der Waals surface area contributed by atoms with Crippen LogP contribution in [0.25, 0.3) is 10.8 Å². The number of ether oxygens (including phenoxy) is 2. The van der Waals surface area contributed by atoms with Gasteiger partial charge in [0.05, 0.1) is 11.1 Å². The van der Waals surface area contributed by atoms with Crippen molar-refractivity contribution in [2.45, 2.75) is 6.92 Å². The maximum Gasteiger partial charge on any atom is 0.346 e. The van der Waals surface area contributed by atoms with Crippen LogP contribution in [0.4, 0.5) is 0 Å². The van der Waals surface area contributed by atoms with Gasteiger partial charge < -0.3 is 9.47 Å². The van der Waals surface area contributed by atoms with Gasteiger partial charge in [0.25, 0.3) is 0 Å². The fraction of sp³-hybridized carbons (Fsp3) is 0.0526. The van der Waals surface area contributed by atoms with E-state index in [1.54, 1.807) is 24.3 Å². The van der Waals surface area contributed by atoms with Gasteiger partial charge in [-0.15, -0.1) is 0 Å². The SMILES string of the molecule is Cc1ccccc1Oc1ccc2c3c(cccc13)C(=O)OC2=O. The molecule has 0 saturated heterocycles. The topological polar surface area (TPSA) is 52.6 Å². The second-order valence-corrected chi connectivity index (χ2v) is 5.38. The summed E-state index contributed by atoms with van der Waals surface area (Å²) in [5.41, 5.74) is 1.77. The minimum Gasteiger partial charge on any atom is -0.456 e. The largest absolute Gasteiger partial charge is 0.456 e. The molecule has 0 aromatic heterocycles. The summed E-state index contributed by atoms with van der Waals surface area (Å²) in [6, 6.07) is 16.3. The summed E-state index contributed by atoms with van der Waals surface area (Å²) in [5.74, 6) is 0.0857. The molecule has 23 heavy (non-hydrogen) atoms. The van der Waals surface area contributed by atoms with Gasteiger partial charge in [0.1, 0.15) is 11.5 Å². The summed E-state index contributed by atoms with van der Waals surface area (Å²) in [6.07, 6.45) is 0. The van der Waals surface area contributed by atoms with Crippen molar-refractivity contribution in [2.24, 2.45) is 0 Å². The number of benzene rings is 3. The standard InChI is InChI=1S/C19H12O4/c1-11-5-2-3-8-15(11)22-16-10-9-14-17-12(16)6-4-7-13(17)18(20)23-19(14)21/h2-10H,1H3. The van der Waals surface area contributed by atoms with Crippen molar-refractivity contribution in [2.75, 3.05) is 0 Å². The molecule has 4 heteroatoms. The van der Waals surface area contributed by atoms with Gasteiger partial charge in [0, 0.05) is 10.8 Å². The van der Waals surface area contributed by atoms with Crippen LogP contribution < -0.4 is 4.74 Å². The molecule has 0 fully saturated rings. The van der Waals surface area contributed by atoms with Crippen LogP contribution in [0.5, 0.6) is 11.5 Å². The first-order valence-corrected chi connectivity index (χ1v) is 7.21. The van der Waals surface area contributed by atoms with E-state index in [-0.39, 0.29) is 0 Å². The van der Waals surface area contributed by atoms with Gasteiger partial charge in [-0.2, -0.15) is 0 Å². The van der Waals surface area contributed by atoms with Crippen molar-refractivity contribution >= 4 is 22.7 Å². The van der Waals surface area contributed by atoms with Crippen molar-refractivity contribution in [3.8, 4) is 11.5 Å². The maximum atomic E-state index is 11.9. The normalized spacial score (nSPS) is 13.1. The van der Waals surface area contributed by atoms with E-state index in [2.05, 4.69) is 0 Å². The van der Waals surface area contributed by atoms with Gasteiger partial charge in [-0.25, -0.2) is 9.59 Å². The van der Waals surface area contributed by atoms with E-state index in [9.17, 15) is 9.59 Å². The predicted molar refractivity (Wildman–Crippen MR) is 84.9 cm³/mol. The van der Waals surface area contributed by atoms with Gasteiger partial charge in [0.2, 0.25) is 0 Å². The Morgan fingerprint density at radius 2 is 1.52 bits per heavy atom. The van der Waals surface area contributed by atoms with E-state index in [1.165, 1.54) is 0 Å². The van der Waals surface area contributed by atoms with E-state index in [0.29, 0.717) is 27.6 Å². The zero-order valence-electron chi connectivity index (χ0n) is 12.3. The van der Waals surface area contributed by atoms with Crippen LogP contribution in [0.15, 0.2) is 54.6 Å². The van der Waals surface area contributed by atoms with Crippen LogP contribution in [0.3, 0.4) is 0 Å². The molecule has 112 valence electrons. The molecule has 1 heterocycles. The molecule has 0 spiro atoms. The zero-order chi connectivity index (χ0) is 16.0. The molecule has 4 nitrogen and oxygen atoms in total. The van der Waals surface area contributed by atoms with Gasteiger partial charge >= 0.3 is 11.9 Å². The van der Waals surface area contributed by atoms with Crippen molar-refractivity contribution in [3.05, 3.63) is 71.3 Å². The molecular weight excluding hydrogens is 292 g/mol. The second-order valence-electron chi connectivity index (χ2n) is 5.38. The molecule has 1 aliphatic rings. The highest BCUT2D eigenvalue weighted by Crippen LogP contribution is 2.37. The van der Waals surface area contributed by atoms with Crippen molar-refractivity contribution in [1.82, 2.24) is 0 Å². The Labute approximate surface area is 132 Å². The minimum absolute atomic E-state index is 0.382. The molecule has 3 aromatic rings. The molecule has 0 bridgehead atoms. The lowest BCUT2D eigenvalue weighted by Gasteiger charge is -2.18. The lowest BCUT2D eigenvalue weighted by Crippen LogP contribution is -2.19. The van der Waals surface area contributed by atoms with Crippen LogP contribution in [0, 0.1) is 6.92 Å². The van der Waals surface area contributed by atoms with Gasteiger partial charge in [-0.1, -0.05) is 30.3 Å². The van der Waals surface area contributed by atoms with E-state index in [0.717, 1.165) is 11.3 Å². The highest BCUT2D eigenvalue weighted by Gasteiger charge is 2.28. The van der Waals surface area contributed by atoms with Crippen molar-refractivity contribution in [3.63, 3.8) is 0 Å². The number of para-hydroxylation sites is 1. The van der Waals surface area contributed by atoms with Crippen molar-refractivity contribution in [1.29, 1.82) is 0 Å². The predicted octanol–water partition coefficient (Wildman–Crippen LogP) is 4.25. The van der Waals surface area contributed by atoms with Crippen LogP contribution in [0.2, 0.25) is 0 Å². The quantitative estimate of drug-likeness (QED) is 0.524. The number of aryl methyl sites for hydroxylation is 1. The summed E-state index contributed by atoms with van der Waals surface area (Å²) < 4.78 is 10.8. The Kier molecular flexibility index (Phi) is 2.91. The molecule has 0 amide bonds. The van der Waals surface area contributed by atoms with Crippen LogP contribution >= 0.6 is 0 Å². The fourth-order valence-corrected chi connectivity index (χ4v) is 2.79. The third kappa shape index (κ3) is 2.07. The summed E-state index contributed by atoms with van der Waals surface area (Å²) in [6.45, 7) is 1.96. The second kappa shape index (κ2) is 4.95. The number of rotatable bonds is 2.